The molecule has 13 aromatic rings. The van der Waals surface area contributed by atoms with E-state index >= 15 is 0 Å². The van der Waals surface area contributed by atoms with Crippen molar-refractivity contribution in [3.63, 3.8) is 0 Å². The number of para-hydroxylation sites is 2. The lowest BCUT2D eigenvalue weighted by Crippen LogP contribution is -2.15. The van der Waals surface area contributed by atoms with Crippen LogP contribution >= 0.6 is 0 Å². The van der Waals surface area contributed by atoms with E-state index in [1.54, 1.807) is 0 Å². The maximum Gasteiger partial charge on any atom is 0.235 e. The van der Waals surface area contributed by atoms with Crippen LogP contribution in [0.4, 0.5) is 0 Å². The van der Waals surface area contributed by atoms with E-state index in [9.17, 15) is 0 Å². The van der Waals surface area contributed by atoms with Crippen LogP contribution in [0.3, 0.4) is 0 Å². The predicted octanol–water partition coefficient (Wildman–Crippen LogP) is 15.9. The number of hydrogen-bond acceptors (Lipinski definition) is 3. The lowest BCUT2D eigenvalue weighted by atomic mass is 9.82. The molecule has 0 amide bonds. The van der Waals surface area contributed by atoms with Crippen LogP contribution in [0.2, 0.25) is 0 Å². The zero-order valence-corrected chi connectivity index (χ0v) is 36.3. The van der Waals surface area contributed by atoms with Gasteiger partial charge in [-0.15, -0.1) is 0 Å². The summed E-state index contributed by atoms with van der Waals surface area (Å²) in [7, 11) is 0. The molecule has 0 fully saturated rings. The van der Waals surface area contributed by atoms with E-state index < -0.39 is 0 Å². The molecule has 5 heteroatoms. The summed E-state index contributed by atoms with van der Waals surface area (Å²) in [4.78, 5) is 10.8. The minimum Gasteiger partial charge on any atom is -0.456 e. The van der Waals surface area contributed by atoms with Crippen molar-refractivity contribution < 1.29 is 4.42 Å². The number of rotatable bonds is 5. The minimum absolute atomic E-state index is 0.181. The second-order valence-electron chi connectivity index (χ2n) is 18.2. The summed E-state index contributed by atoms with van der Waals surface area (Å²) in [6, 6.07) is 74.0. The second kappa shape index (κ2) is 13.7. The molecule has 1 aliphatic carbocycles. The van der Waals surface area contributed by atoms with Crippen LogP contribution in [0.25, 0.3) is 122 Å². The van der Waals surface area contributed by atoms with E-state index in [1.807, 2.05) is 12.1 Å². The Morgan fingerprint density at radius 3 is 1.70 bits per heavy atom. The maximum absolute atomic E-state index is 6.66. The molecule has 0 aliphatic heterocycles. The topological polar surface area (TPSA) is 48.8 Å². The molecule has 5 nitrogen and oxygen atoms in total. The molecule has 0 N–H and O–H groups in total. The smallest absolute Gasteiger partial charge is 0.235 e. The van der Waals surface area contributed by atoms with E-state index in [-0.39, 0.29) is 5.41 Å². The summed E-state index contributed by atoms with van der Waals surface area (Å²) < 4.78 is 11.3. The molecule has 0 unspecified atom stereocenters. The monoisotopic (exact) mass is 844 g/mol. The van der Waals surface area contributed by atoms with Gasteiger partial charge in [0.15, 0.2) is 0 Å². The first-order chi connectivity index (χ1) is 32.5. The zero-order valence-electron chi connectivity index (χ0n) is 36.3. The number of nitrogens with zero attached hydrogens (tertiary/aromatic N) is 4. The molecule has 0 saturated heterocycles. The fourth-order valence-electron chi connectivity index (χ4n) is 10.9. The van der Waals surface area contributed by atoms with Gasteiger partial charge in [-0.05, 0) is 100 Å². The summed E-state index contributed by atoms with van der Waals surface area (Å²) in [5.74, 6) is 0.641. The molecule has 0 bridgehead atoms. The lowest BCUT2D eigenvalue weighted by Gasteiger charge is -2.21. The fourth-order valence-corrected chi connectivity index (χ4v) is 10.9. The molecular weight excluding hydrogens is 805 g/mol. The normalized spacial score (nSPS) is 13.1. The highest BCUT2D eigenvalue weighted by Gasteiger charge is 2.36. The third kappa shape index (κ3) is 5.34. The van der Waals surface area contributed by atoms with Crippen molar-refractivity contribution in [2.24, 2.45) is 0 Å². The quantitative estimate of drug-likeness (QED) is 0.173. The van der Waals surface area contributed by atoms with E-state index in [0.717, 1.165) is 83.2 Å². The van der Waals surface area contributed by atoms with Crippen LogP contribution < -0.4 is 0 Å². The van der Waals surface area contributed by atoms with Crippen LogP contribution in [0, 0.1) is 0 Å². The standard InChI is InChI=1S/C61H40N4O/c1-61(2)50-24-14-12-22-42(50)44-32-47-45-30-39(26-28-55(45)65(56(47)34-51(44)61)60-62-52(37-16-6-3-7-17-37)35-53(63-60)38-18-8-4-9-19-38)40-27-29-58-48(31-40)49-33-46-43-23-13-15-25-54(43)64(41-20-10-5-11-21-41)57(46)36-59(49)66-58/h3-36H,1-2H3. The van der Waals surface area contributed by atoms with Crippen LogP contribution in [-0.2, 0) is 5.41 Å². The number of aromatic nitrogens is 4. The van der Waals surface area contributed by atoms with Gasteiger partial charge in [-0.1, -0.05) is 147 Å². The van der Waals surface area contributed by atoms with Gasteiger partial charge >= 0.3 is 0 Å². The molecule has 9 aromatic carbocycles. The van der Waals surface area contributed by atoms with Gasteiger partial charge in [-0.25, -0.2) is 9.97 Å². The molecule has 0 atom stereocenters. The van der Waals surface area contributed by atoms with Gasteiger partial charge in [0.25, 0.3) is 0 Å². The molecule has 0 saturated carbocycles. The van der Waals surface area contributed by atoms with Gasteiger partial charge in [-0.2, -0.15) is 0 Å². The lowest BCUT2D eigenvalue weighted by molar-refractivity contribution is 0.661. The highest BCUT2D eigenvalue weighted by Crippen LogP contribution is 2.51. The highest BCUT2D eigenvalue weighted by atomic mass is 16.3. The molecule has 14 rings (SSSR count). The minimum atomic E-state index is -0.181. The Morgan fingerprint density at radius 1 is 0.364 bits per heavy atom. The zero-order chi connectivity index (χ0) is 43.7. The Bertz CT molecular complexity index is 4060. The van der Waals surface area contributed by atoms with Crippen LogP contribution in [0.15, 0.2) is 211 Å². The molecule has 4 heterocycles. The van der Waals surface area contributed by atoms with Crippen molar-refractivity contribution in [1.29, 1.82) is 0 Å². The SMILES string of the molecule is CC1(C)c2ccccc2-c2cc3c4cc(-c5ccc6oc7cc8c(cc7c6c5)c5ccccc5n8-c5ccccc5)ccc4n(-c4nc(-c5ccccc5)cc(-c5ccccc5)n4)c3cc21. The Kier molecular flexibility index (Phi) is 7.68. The predicted molar refractivity (Wildman–Crippen MR) is 272 cm³/mol. The number of benzene rings is 9. The molecule has 4 aromatic heterocycles. The summed E-state index contributed by atoms with van der Waals surface area (Å²) in [5.41, 5.74) is 18.5. The molecule has 1 aliphatic rings. The molecule has 0 spiro atoms. The van der Waals surface area contributed by atoms with Gasteiger partial charge in [0.2, 0.25) is 5.95 Å². The summed E-state index contributed by atoms with van der Waals surface area (Å²) >= 11 is 0. The van der Waals surface area contributed by atoms with Crippen molar-refractivity contribution in [2.45, 2.75) is 19.3 Å². The van der Waals surface area contributed by atoms with Crippen LogP contribution in [0.5, 0.6) is 0 Å². The third-order valence-electron chi connectivity index (χ3n) is 14.1. The van der Waals surface area contributed by atoms with Gasteiger partial charge in [0, 0.05) is 60.6 Å². The van der Waals surface area contributed by atoms with Crippen molar-refractivity contribution in [2.75, 3.05) is 0 Å². The number of fused-ring (bicyclic) bond motifs is 12. The van der Waals surface area contributed by atoms with Gasteiger partial charge in [-0.3, -0.25) is 4.57 Å². The Morgan fingerprint density at radius 2 is 0.939 bits per heavy atom. The van der Waals surface area contributed by atoms with E-state index in [1.165, 1.54) is 43.9 Å². The van der Waals surface area contributed by atoms with Crippen molar-refractivity contribution in [3.8, 4) is 56.4 Å². The van der Waals surface area contributed by atoms with E-state index in [0.29, 0.717) is 5.95 Å². The first-order valence-corrected chi connectivity index (χ1v) is 22.6. The highest BCUT2D eigenvalue weighted by molar-refractivity contribution is 6.18. The first-order valence-electron chi connectivity index (χ1n) is 22.6. The van der Waals surface area contributed by atoms with E-state index in [4.69, 9.17) is 14.4 Å². The molecule has 0 radical (unpaired) electrons. The number of furan rings is 1. The number of hydrogen-bond donors (Lipinski definition) is 0. The second-order valence-corrected chi connectivity index (χ2v) is 18.2. The van der Waals surface area contributed by atoms with Gasteiger partial charge in [0.05, 0.1) is 33.5 Å². The average molecular weight is 845 g/mol. The summed E-state index contributed by atoms with van der Waals surface area (Å²) in [6.07, 6.45) is 0. The van der Waals surface area contributed by atoms with Gasteiger partial charge < -0.3 is 8.98 Å². The first kappa shape index (κ1) is 36.9. The Balaban J connectivity index is 0.998. The molecule has 310 valence electrons. The van der Waals surface area contributed by atoms with E-state index in [2.05, 4.69) is 217 Å². The van der Waals surface area contributed by atoms with Crippen molar-refractivity contribution in [3.05, 3.63) is 217 Å². The summed E-state index contributed by atoms with van der Waals surface area (Å²) in [6.45, 7) is 4.69. The largest absolute Gasteiger partial charge is 0.456 e. The Labute approximate surface area is 380 Å². The van der Waals surface area contributed by atoms with Crippen LogP contribution in [-0.4, -0.2) is 19.1 Å². The third-order valence-corrected chi connectivity index (χ3v) is 14.1. The fraction of sp³-hybridized carbons (Fsp3) is 0.0492. The van der Waals surface area contributed by atoms with Crippen molar-refractivity contribution >= 4 is 65.6 Å². The maximum atomic E-state index is 6.66. The summed E-state index contributed by atoms with van der Waals surface area (Å²) in [5, 5.41) is 6.94. The van der Waals surface area contributed by atoms with Crippen LogP contribution in [0.1, 0.15) is 25.0 Å². The van der Waals surface area contributed by atoms with Crippen molar-refractivity contribution in [1.82, 2.24) is 19.1 Å². The Hall–Kier alpha value is -8.54. The molecular formula is C61H40N4O. The van der Waals surface area contributed by atoms with Gasteiger partial charge in [0.1, 0.15) is 11.2 Å². The average Bonchev–Trinajstić information content (AvgIpc) is 4.07. The molecule has 66 heavy (non-hydrogen) atoms.